The van der Waals surface area contributed by atoms with Gasteiger partial charge in [-0.05, 0) is 30.3 Å². The Morgan fingerprint density at radius 1 is 0.929 bits per heavy atom. The number of nitrogens with zero attached hydrogens (tertiary/aromatic N) is 2. The van der Waals surface area contributed by atoms with Gasteiger partial charge in [0.25, 0.3) is 0 Å². The SMILES string of the molecule is Clc1ccc(OCCCOc2ccccc2-c2nc3cnccc3[nH]2)cc1Cl. The van der Waals surface area contributed by atoms with E-state index in [1.54, 1.807) is 30.6 Å². The largest absolute Gasteiger partial charge is 0.493 e. The lowest BCUT2D eigenvalue weighted by Gasteiger charge is -2.11. The first-order valence-corrected chi connectivity index (χ1v) is 9.56. The zero-order valence-electron chi connectivity index (χ0n) is 14.9. The number of rotatable bonds is 7. The molecule has 0 amide bonds. The standard InChI is InChI=1S/C21H17Cl2N3O2/c22-16-7-6-14(12-17(16)23)27-10-3-11-28-20-5-2-1-4-15(20)21-25-18-8-9-24-13-19(18)26-21/h1-2,4-9,12-13H,3,10-11H2,(H,25,26). The van der Waals surface area contributed by atoms with Gasteiger partial charge < -0.3 is 14.5 Å². The van der Waals surface area contributed by atoms with Crippen molar-refractivity contribution in [2.45, 2.75) is 6.42 Å². The van der Waals surface area contributed by atoms with Gasteiger partial charge in [-0.3, -0.25) is 4.98 Å². The highest BCUT2D eigenvalue weighted by Gasteiger charge is 2.10. The molecule has 0 bridgehead atoms. The van der Waals surface area contributed by atoms with E-state index < -0.39 is 0 Å². The first kappa shape index (κ1) is 18.6. The number of hydrogen-bond acceptors (Lipinski definition) is 4. The number of aromatic nitrogens is 3. The second-order valence-corrected chi connectivity index (χ2v) is 6.92. The quantitative estimate of drug-likeness (QED) is 0.390. The number of halogens is 2. The van der Waals surface area contributed by atoms with Gasteiger partial charge in [-0.25, -0.2) is 4.98 Å². The number of H-pyrrole nitrogens is 1. The van der Waals surface area contributed by atoms with E-state index in [4.69, 9.17) is 32.7 Å². The van der Waals surface area contributed by atoms with Crippen LogP contribution in [0.15, 0.2) is 60.9 Å². The van der Waals surface area contributed by atoms with Gasteiger partial charge in [0, 0.05) is 18.7 Å². The van der Waals surface area contributed by atoms with Gasteiger partial charge >= 0.3 is 0 Å². The highest BCUT2D eigenvalue weighted by atomic mass is 35.5. The number of imidazole rings is 1. The minimum Gasteiger partial charge on any atom is -0.493 e. The molecule has 0 saturated heterocycles. The van der Waals surface area contributed by atoms with Gasteiger partial charge in [0.2, 0.25) is 0 Å². The first-order chi connectivity index (χ1) is 13.7. The maximum atomic E-state index is 5.99. The molecule has 142 valence electrons. The number of para-hydroxylation sites is 1. The molecule has 2 heterocycles. The molecule has 5 nitrogen and oxygen atoms in total. The molecule has 4 aromatic rings. The van der Waals surface area contributed by atoms with E-state index in [1.807, 2.05) is 30.3 Å². The lowest BCUT2D eigenvalue weighted by atomic mass is 10.2. The topological polar surface area (TPSA) is 60.0 Å². The number of ether oxygens (including phenoxy) is 2. The Hall–Kier alpha value is -2.76. The summed E-state index contributed by atoms with van der Waals surface area (Å²) in [6.07, 6.45) is 4.19. The fourth-order valence-electron chi connectivity index (χ4n) is 2.77. The summed E-state index contributed by atoms with van der Waals surface area (Å²) in [6.45, 7) is 1.02. The molecular weight excluding hydrogens is 397 g/mol. The van der Waals surface area contributed by atoms with Crippen LogP contribution in [0.1, 0.15) is 6.42 Å². The lowest BCUT2D eigenvalue weighted by molar-refractivity contribution is 0.248. The van der Waals surface area contributed by atoms with Crippen molar-refractivity contribution in [3.8, 4) is 22.9 Å². The van der Waals surface area contributed by atoms with Gasteiger partial charge in [-0.2, -0.15) is 0 Å². The Bertz CT molecular complexity index is 1060. The van der Waals surface area contributed by atoms with Crippen molar-refractivity contribution >= 4 is 34.2 Å². The van der Waals surface area contributed by atoms with Crippen molar-refractivity contribution in [3.63, 3.8) is 0 Å². The third-order valence-electron chi connectivity index (χ3n) is 4.13. The number of hydrogen-bond donors (Lipinski definition) is 1. The third kappa shape index (κ3) is 4.21. The molecule has 0 saturated carbocycles. The minimum atomic E-state index is 0.477. The van der Waals surface area contributed by atoms with Crippen molar-refractivity contribution in [2.75, 3.05) is 13.2 Å². The molecule has 0 aliphatic rings. The smallest absolute Gasteiger partial charge is 0.142 e. The van der Waals surface area contributed by atoms with Crippen LogP contribution in [0.2, 0.25) is 10.0 Å². The number of aromatic amines is 1. The van der Waals surface area contributed by atoms with Crippen LogP contribution in [0.25, 0.3) is 22.4 Å². The monoisotopic (exact) mass is 413 g/mol. The van der Waals surface area contributed by atoms with E-state index in [0.29, 0.717) is 29.0 Å². The van der Waals surface area contributed by atoms with E-state index in [9.17, 15) is 0 Å². The summed E-state index contributed by atoms with van der Waals surface area (Å²) in [5.41, 5.74) is 2.67. The normalized spacial score (nSPS) is 10.9. The van der Waals surface area contributed by atoms with E-state index in [2.05, 4.69) is 15.0 Å². The molecule has 0 unspecified atom stereocenters. The van der Waals surface area contributed by atoms with Crippen LogP contribution in [0.5, 0.6) is 11.5 Å². The second-order valence-electron chi connectivity index (χ2n) is 6.10. The van der Waals surface area contributed by atoms with Crippen LogP contribution >= 0.6 is 23.2 Å². The van der Waals surface area contributed by atoms with Crippen molar-refractivity contribution in [3.05, 3.63) is 71.0 Å². The van der Waals surface area contributed by atoms with Crippen LogP contribution in [0, 0.1) is 0 Å². The summed E-state index contributed by atoms with van der Waals surface area (Å²) in [6, 6.07) is 14.9. The lowest BCUT2D eigenvalue weighted by Crippen LogP contribution is -2.05. The zero-order valence-corrected chi connectivity index (χ0v) is 16.4. The Morgan fingerprint density at radius 2 is 1.79 bits per heavy atom. The van der Waals surface area contributed by atoms with Crippen LogP contribution in [-0.4, -0.2) is 28.2 Å². The van der Waals surface area contributed by atoms with E-state index in [0.717, 1.165) is 34.6 Å². The predicted molar refractivity (Wildman–Crippen MR) is 111 cm³/mol. The molecule has 0 aliphatic heterocycles. The molecule has 4 rings (SSSR count). The average Bonchev–Trinajstić information content (AvgIpc) is 3.15. The van der Waals surface area contributed by atoms with Crippen molar-refractivity contribution in [1.29, 1.82) is 0 Å². The summed E-state index contributed by atoms with van der Waals surface area (Å²) >= 11 is 11.9. The van der Waals surface area contributed by atoms with Gasteiger partial charge in [-0.15, -0.1) is 0 Å². The molecule has 2 aromatic carbocycles. The van der Waals surface area contributed by atoms with Crippen LogP contribution in [0.4, 0.5) is 0 Å². The summed E-state index contributed by atoms with van der Waals surface area (Å²) in [7, 11) is 0. The Labute approximate surface area is 172 Å². The van der Waals surface area contributed by atoms with Crippen LogP contribution < -0.4 is 9.47 Å². The van der Waals surface area contributed by atoms with E-state index in [1.165, 1.54) is 0 Å². The highest BCUT2D eigenvalue weighted by molar-refractivity contribution is 6.42. The van der Waals surface area contributed by atoms with Crippen LogP contribution in [-0.2, 0) is 0 Å². The molecule has 0 spiro atoms. The molecule has 7 heteroatoms. The Morgan fingerprint density at radius 3 is 2.64 bits per heavy atom. The minimum absolute atomic E-state index is 0.477. The van der Waals surface area contributed by atoms with Gasteiger partial charge in [0.1, 0.15) is 22.8 Å². The molecule has 0 aliphatic carbocycles. The highest BCUT2D eigenvalue weighted by Crippen LogP contribution is 2.29. The first-order valence-electron chi connectivity index (χ1n) is 8.80. The van der Waals surface area contributed by atoms with Gasteiger partial charge in [-0.1, -0.05) is 35.3 Å². The third-order valence-corrected chi connectivity index (χ3v) is 4.87. The zero-order chi connectivity index (χ0) is 19.3. The Kier molecular flexibility index (Phi) is 5.65. The second kappa shape index (κ2) is 8.50. The molecule has 0 radical (unpaired) electrons. The van der Waals surface area contributed by atoms with Crippen molar-refractivity contribution in [2.24, 2.45) is 0 Å². The fourth-order valence-corrected chi connectivity index (χ4v) is 3.06. The van der Waals surface area contributed by atoms with E-state index >= 15 is 0 Å². The number of nitrogens with one attached hydrogen (secondary N) is 1. The number of benzene rings is 2. The van der Waals surface area contributed by atoms with Crippen molar-refractivity contribution < 1.29 is 9.47 Å². The summed E-state index contributed by atoms with van der Waals surface area (Å²) in [5.74, 6) is 2.21. The molecule has 0 atom stereocenters. The average molecular weight is 414 g/mol. The predicted octanol–water partition coefficient (Wildman–Crippen LogP) is 5.78. The number of pyridine rings is 1. The van der Waals surface area contributed by atoms with E-state index in [-0.39, 0.29) is 0 Å². The maximum absolute atomic E-state index is 5.99. The van der Waals surface area contributed by atoms with Crippen molar-refractivity contribution in [1.82, 2.24) is 15.0 Å². The molecule has 2 aromatic heterocycles. The summed E-state index contributed by atoms with van der Waals surface area (Å²) in [4.78, 5) is 12.0. The Balaban J connectivity index is 1.37. The maximum Gasteiger partial charge on any atom is 0.142 e. The summed E-state index contributed by atoms with van der Waals surface area (Å²) < 4.78 is 11.7. The molecule has 1 N–H and O–H groups in total. The molecule has 0 fully saturated rings. The molecule has 28 heavy (non-hydrogen) atoms. The number of fused-ring (bicyclic) bond motifs is 1. The summed E-state index contributed by atoms with van der Waals surface area (Å²) in [5, 5.41) is 0.987. The van der Waals surface area contributed by atoms with Crippen LogP contribution in [0.3, 0.4) is 0 Å². The van der Waals surface area contributed by atoms with Gasteiger partial charge in [0.15, 0.2) is 0 Å². The molecular formula is C21H17Cl2N3O2. The fraction of sp³-hybridized carbons (Fsp3) is 0.143. The van der Waals surface area contributed by atoms with Gasteiger partial charge in [0.05, 0.1) is 40.5 Å².